The zero-order chi connectivity index (χ0) is 16.5. The molecule has 0 unspecified atom stereocenters. The molecule has 3 rings (SSSR count). The normalized spacial score (nSPS) is 15.9. The fourth-order valence-electron chi connectivity index (χ4n) is 2.66. The van der Waals surface area contributed by atoms with Crippen molar-refractivity contribution in [2.45, 2.75) is 24.0 Å². The fourth-order valence-corrected chi connectivity index (χ4v) is 3.84. The lowest BCUT2D eigenvalue weighted by Gasteiger charge is -2.16. The van der Waals surface area contributed by atoms with Crippen LogP contribution in [-0.4, -0.2) is 14.3 Å². The number of carbonyl (C=O) groups excluding carboxylic acids is 1. The summed E-state index contributed by atoms with van der Waals surface area (Å²) in [5, 5.41) is 0. The van der Waals surface area contributed by atoms with Gasteiger partial charge in [0.25, 0.3) is 0 Å². The molecule has 1 N–H and O–H groups in total. The maximum atomic E-state index is 13.9. The van der Waals surface area contributed by atoms with E-state index in [1.165, 1.54) is 12.1 Å². The van der Waals surface area contributed by atoms with Crippen molar-refractivity contribution >= 4 is 15.9 Å². The Morgan fingerprint density at radius 3 is 2.26 bits per heavy atom. The Balaban J connectivity index is 1.78. The van der Waals surface area contributed by atoms with Crippen LogP contribution in [0.1, 0.15) is 24.0 Å². The molecule has 23 heavy (non-hydrogen) atoms. The van der Waals surface area contributed by atoms with Crippen molar-refractivity contribution in [2.24, 2.45) is 0 Å². The predicted octanol–water partition coefficient (Wildman–Crippen LogP) is 2.50. The summed E-state index contributed by atoms with van der Waals surface area (Å²) in [6.45, 7) is 0. The monoisotopic (exact) mass is 333 g/mol. The summed E-state index contributed by atoms with van der Waals surface area (Å²) in [6, 6.07) is 14.6. The summed E-state index contributed by atoms with van der Waals surface area (Å²) in [5.41, 5.74) is -0.217. The topological polar surface area (TPSA) is 63.2 Å². The number of carbonyl (C=O) groups is 1. The van der Waals surface area contributed by atoms with Gasteiger partial charge in [-0.1, -0.05) is 48.5 Å². The smallest absolute Gasteiger partial charge is 0.244 e. The Labute approximate surface area is 134 Å². The minimum absolute atomic E-state index is 0.257. The van der Waals surface area contributed by atoms with Crippen LogP contribution in [0.5, 0.6) is 0 Å². The molecule has 0 spiro atoms. The molecule has 1 amide bonds. The zero-order valence-electron chi connectivity index (χ0n) is 12.3. The first-order valence-electron chi connectivity index (χ1n) is 7.27. The highest BCUT2D eigenvalue weighted by Crippen LogP contribution is 2.49. The average molecular weight is 333 g/mol. The molecular formula is C17H16FNO3S. The maximum Gasteiger partial charge on any atom is 0.244 e. The van der Waals surface area contributed by atoms with Crippen LogP contribution < -0.4 is 4.72 Å². The summed E-state index contributed by atoms with van der Waals surface area (Å²) in [4.78, 5) is 12.4. The zero-order valence-corrected chi connectivity index (χ0v) is 13.1. The largest absolute Gasteiger partial charge is 0.273 e. The molecular weight excluding hydrogens is 317 g/mol. The van der Waals surface area contributed by atoms with Gasteiger partial charge in [-0.2, -0.15) is 0 Å². The SMILES string of the molecule is O=C(NS(=O)(=O)Cc1ccccc1)C1(c2ccccc2F)CC1. The molecule has 1 aliphatic carbocycles. The molecule has 1 saturated carbocycles. The molecule has 0 atom stereocenters. The van der Waals surface area contributed by atoms with Gasteiger partial charge in [0.15, 0.2) is 0 Å². The Kier molecular flexibility index (Phi) is 3.93. The summed E-state index contributed by atoms with van der Waals surface area (Å²) in [6.07, 6.45) is 0.890. The number of nitrogens with one attached hydrogen (secondary N) is 1. The number of amides is 1. The van der Waals surface area contributed by atoms with Crippen LogP contribution in [0.25, 0.3) is 0 Å². The first kappa shape index (κ1) is 15.7. The van der Waals surface area contributed by atoms with E-state index in [0.717, 1.165) is 0 Å². The van der Waals surface area contributed by atoms with Crippen molar-refractivity contribution in [3.05, 3.63) is 71.5 Å². The summed E-state index contributed by atoms with van der Waals surface area (Å²) < 4.78 is 40.4. The molecule has 2 aromatic rings. The van der Waals surface area contributed by atoms with E-state index in [4.69, 9.17) is 0 Å². The molecule has 1 fully saturated rings. The number of hydrogen-bond acceptors (Lipinski definition) is 3. The van der Waals surface area contributed by atoms with Crippen LogP contribution in [0.4, 0.5) is 4.39 Å². The lowest BCUT2D eigenvalue weighted by atomic mass is 9.95. The quantitative estimate of drug-likeness (QED) is 0.914. The highest BCUT2D eigenvalue weighted by molar-refractivity contribution is 7.89. The van der Waals surface area contributed by atoms with Crippen molar-refractivity contribution < 1.29 is 17.6 Å². The lowest BCUT2D eigenvalue weighted by Crippen LogP contribution is -2.39. The second-order valence-electron chi connectivity index (χ2n) is 5.74. The fraction of sp³-hybridized carbons (Fsp3) is 0.235. The minimum Gasteiger partial charge on any atom is -0.273 e. The Hall–Kier alpha value is -2.21. The second kappa shape index (κ2) is 5.77. The molecule has 0 aromatic heterocycles. The van der Waals surface area contributed by atoms with Gasteiger partial charge in [-0.25, -0.2) is 12.8 Å². The average Bonchev–Trinajstić information content (AvgIpc) is 3.29. The second-order valence-corrected chi connectivity index (χ2v) is 7.46. The highest BCUT2D eigenvalue weighted by atomic mass is 32.2. The standard InChI is InChI=1S/C17H16FNO3S/c18-15-9-5-4-8-14(15)17(10-11-17)16(20)19-23(21,22)12-13-6-2-1-3-7-13/h1-9H,10-12H2,(H,19,20). The maximum absolute atomic E-state index is 13.9. The van der Waals surface area contributed by atoms with E-state index in [0.29, 0.717) is 18.4 Å². The van der Waals surface area contributed by atoms with Crippen LogP contribution in [-0.2, 0) is 26.0 Å². The lowest BCUT2D eigenvalue weighted by molar-refractivity contribution is -0.121. The third-order valence-corrected chi connectivity index (χ3v) is 5.23. The van der Waals surface area contributed by atoms with Gasteiger partial charge in [-0.05, 0) is 24.5 Å². The molecule has 0 bridgehead atoms. The minimum atomic E-state index is -3.82. The first-order chi connectivity index (χ1) is 10.9. The van der Waals surface area contributed by atoms with Gasteiger partial charge in [0.1, 0.15) is 5.82 Å². The number of benzene rings is 2. The molecule has 4 nitrogen and oxygen atoms in total. The van der Waals surface area contributed by atoms with Gasteiger partial charge in [0, 0.05) is 5.56 Å². The van der Waals surface area contributed by atoms with Gasteiger partial charge in [-0.15, -0.1) is 0 Å². The van der Waals surface area contributed by atoms with Gasteiger partial charge < -0.3 is 0 Å². The van der Waals surface area contributed by atoms with Gasteiger partial charge in [-0.3, -0.25) is 9.52 Å². The molecule has 120 valence electrons. The number of sulfonamides is 1. The molecule has 2 aromatic carbocycles. The number of halogens is 1. The molecule has 1 aliphatic rings. The summed E-state index contributed by atoms with van der Waals surface area (Å²) >= 11 is 0. The molecule has 6 heteroatoms. The van der Waals surface area contributed by atoms with Crippen molar-refractivity contribution in [1.29, 1.82) is 0 Å². The van der Waals surface area contributed by atoms with E-state index < -0.39 is 27.2 Å². The third kappa shape index (κ3) is 3.27. The van der Waals surface area contributed by atoms with Crippen molar-refractivity contribution in [3.63, 3.8) is 0 Å². The van der Waals surface area contributed by atoms with Crippen molar-refractivity contribution in [2.75, 3.05) is 0 Å². The van der Waals surface area contributed by atoms with Crippen LogP contribution in [0.3, 0.4) is 0 Å². The van der Waals surface area contributed by atoms with Crippen LogP contribution in [0.2, 0.25) is 0 Å². The third-order valence-electron chi connectivity index (χ3n) is 4.02. The molecule has 0 aliphatic heterocycles. The summed E-state index contributed by atoms with van der Waals surface area (Å²) in [7, 11) is -3.82. The van der Waals surface area contributed by atoms with E-state index in [1.54, 1.807) is 42.5 Å². The van der Waals surface area contributed by atoms with E-state index in [-0.39, 0.29) is 11.3 Å². The molecule has 0 heterocycles. The summed E-state index contributed by atoms with van der Waals surface area (Å²) in [5.74, 6) is -1.42. The van der Waals surface area contributed by atoms with Crippen LogP contribution in [0.15, 0.2) is 54.6 Å². The van der Waals surface area contributed by atoms with Crippen molar-refractivity contribution in [1.82, 2.24) is 4.72 Å². The number of hydrogen-bond donors (Lipinski definition) is 1. The van der Waals surface area contributed by atoms with Gasteiger partial charge in [0.05, 0.1) is 11.2 Å². The van der Waals surface area contributed by atoms with E-state index in [1.807, 2.05) is 0 Å². The van der Waals surface area contributed by atoms with Crippen LogP contribution in [0, 0.1) is 5.82 Å². The predicted molar refractivity (Wildman–Crippen MR) is 84.5 cm³/mol. The van der Waals surface area contributed by atoms with Crippen LogP contribution >= 0.6 is 0 Å². The highest BCUT2D eigenvalue weighted by Gasteiger charge is 2.53. The number of rotatable bonds is 5. The van der Waals surface area contributed by atoms with Crippen molar-refractivity contribution in [3.8, 4) is 0 Å². The van der Waals surface area contributed by atoms with E-state index in [2.05, 4.69) is 4.72 Å². The Morgan fingerprint density at radius 2 is 1.65 bits per heavy atom. The van der Waals surface area contributed by atoms with Gasteiger partial charge >= 0.3 is 0 Å². The first-order valence-corrected chi connectivity index (χ1v) is 8.92. The van der Waals surface area contributed by atoms with E-state index in [9.17, 15) is 17.6 Å². The Morgan fingerprint density at radius 1 is 1.04 bits per heavy atom. The van der Waals surface area contributed by atoms with Gasteiger partial charge in [0.2, 0.25) is 15.9 Å². The van der Waals surface area contributed by atoms with E-state index >= 15 is 0 Å². The Bertz CT molecular complexity index is 830. The molecule has 0 radical (unpaired) electrons. The molecule has 0 saturated heterocycles.